The van der Waals surface area contributed by atoms with E-state index in [2.05, 4.69) is 18.3 Å². The highest BCUT2D eigenvalue weighted by Crippen LogP contribution is 2.29. The van der Waals surface area contributed by atoms with Crippen LogP contribution in [0.2, 0.25) is 0 Å². The average molecular weight is 280 g/mol. The van der Waals surface area contributed by atoms with Crippen molar-refractivity contribution in [2.75, 3.05) is 6.54 Å². The molecular formula is C17H32N2O. The van der Waals surface area contributed by atoms with E-state index in [0.717, 1.165) is 19.3 Å². The summed E-state index contributed by atoms with van der Waals surface area (Å²) in [5, 5.41) is 12.4. The number of unbranched alkanes of at least 4 members (excludes halogenated alkanes) is 5. The first-order valence-electron chi connectivity index (χ1n) is 8.36. The van der Waals surface area contributed by atoms with Gasteiger partial charge in [-0.2, -0.15) is 5.26 Å². The Morgan fingerprint density at radius 2 is 1.50 bits per heavy atom. The van der Waals surface area contributed by atoms with Crippen molar-refractivity contribution in [3.63, 3.8) is 0 Å². The molecule has 0 heterocycles. The molecule has 0 saturated heterocycles. The molecule has 0 bridgehead atoms. The summed E-state index contributed by atoms with van der Waals surface area (Å²) in [6, 6.07) is 2.27. The van der Waals surface area contributed by atoms with Crippen LogP contribution in [0, 0.1) is 16.7 Å². The largest absolute Gasteiger partial charge is 0.355 e. The third kappa shape index (κ3) is 6.93. The number of hydrogen-bond acceptors (Lipinski definition) is 2. The summed E-state index contributed by atoms with van der Waals surface area (Å²) in [6.45, 7) is 6.98. The van der Waals surface area contributed by atoms with Gasteiger partial charge in [-0.15, -0.1) is 0 Å². The van der Waals surface area contributed by atoms with Gasteiger partial charge in [0.15, 0.2) is 0 Å². The highest BCUT2D eigenvalue weighted by atomic mass is 16.2. The van der Waals surface area contributed by atoms with E-state index < -0.39 is 5.41 Å². The lowest BCUT2D eigenvalue weighted by molar-refractivity contribution is -0.128. The van der Waals surface area contributed by atoms with E-state index in [9.17, 15) is 10.1 Å². The van der Waals surface area contributed by atoms with Gasteiger partial charge in [-0.05, 0) is 19.3 Å². The molecule has 0 fully saturated rings. The first kappa shape index (κ1) is 19.0. The molecule has 0 atom stereocenters. The maximum atomic E-state index is 12.3. The lowest BCUT2D eigenvalue weighted by Crippen LogP contribution is -2.40. The van der Waals surface area contributed by atoms with Crippen LogP contribution in [-0.4, -0.2) is 12.5 Å². The van der Waals surface area contributed by atoms with Gasteiger partial charge >= 0.3 is 0 Å². The maximum absolute atomic E-state index is 12.3. The molecule has 3 nitrogen and oxygen atoms in total. The highest BCUT2D eigenvalue weighted by Gasteiger charge is 2.36. The normalized spacial score (nSPS) is 11.1. The predicted octanol–water partition coefficient (Wildman–Crippen LogP) is 4.57. The fourth-order valence-electron chi connectivity index (χ4n) is 2.64. The van der Waals surface area contributed by atoms with Gasteiger partial charge in [0.2, 0.25) is 5.91 Å². The fourth-order valence-corrected chi connectivity index (χ4v) is 2.64. The zero-order chi connectivity index (χ0) is 15.3. The molecule has 0 rings (SSSR count). The molecule has 0 saturated carbocycles. The van der Waals surface area contributed by atoms with Crippen molar-refractivity contribution in [3.05, 3.63) is 0 Å². The molecule has 0 aliphatic heterocycles. The van der Waals surface area contributed by atoms with Crippen molar-refractivity contribution in [2.24, 2.45) is 5.41 Å². The zero-order valence-electron chi connectivity index (χ0n) is 13.6. The molecule has 1 N–H and O–H groups in total. The summed E-state index contributed by atoms with van der Waals surface area (Å²) < 4.78 is 0. The van der Waals surface area contributed by atoms with E-state index in [0.29, 0.717) is 19.4 Å². The smallest absolute Gasteiger partial charge is 0.240 e. The van der Waals surface area contributed by atoms with Crippen LogP contribution in [0.4, 0.5) is 0 Å². The van der Waals surface area contributed by atoms with Gasteiger partial charge in [0.1, 0.15) is 5.41 Å². The Kier molecular flexibility index (Phi) is 11.1. The van der Waals surface area contributed by atoms with E-state index >= 15 is 0 Å². The third-order valence-corrected chi connectivity index (χ3v) is 3.82. The van der Waals surface area contributed by atoms with Crippen LogP contribution in [0.3, 0.4) is 0 Å². The van der Waals surface area contributed by atoms with Crippen molar-refractivity contribution < 1.29 is 4.79 Å². The number of nitrogens with zero attached hydrogens (tertiary/aromatic N) is 1. The third-order valence-electron chi connectivity index (χ3n) is 3.82. The Balaban J connectivity index is 4.05. The van der Waals surface area contributed by atoms with Crippen molar-refractivity contribution in [2.45, 2.75) is 85.0 Å². The molecule has 0 aromatic carbocycles. The maximum Gasteiger partial charge on any atom is 0.240 e. The van der Waals surface area contributed by atoms with Gasteiger partial charge < -0.3 is 5.32 Å². The van der Waals surface area contributed by atoms with Gasteiger partial charge in [0.05, 0.1) is 6.07 Å². The van der Waals surface area contributed by atoms with E-state index in [1.54, 1.807) is 0 Å². The summed E-state index contributed by atoms with van der Waals surface area (Å²) in [4.78, 5) is 12.3. The molecule has 0 aromatic heterocycles. The molecule has 1 amide bonds. The Bertz CT molecular complexity index is 288. The number of carbonyl (C=O) groups is 1. The zero-order valence-corrected chi connectivity index (χ0v) is 13.6. The first-order valence-corrected chi connectivity index (χ1v) is 8.36. The van der Waals surface area contributed by atoms with E-state index in [1.165, 1.54) is 32.1 Å². The molecule has 0 aromatic rings. The lowest BCUT2D eigenvalue weighted by atomic mass is 9.80. The van der Waals surface area contributed by atoms with Gasteiger partial charge in [0.25, 0.3) is 0 Å². The SMILES string of the molecule is CCCCCCCCNC(=O)C(C#N)(CCC)CCC. The summed E-state index contributed by atoms with van der Waals surface area (Å²) in [6.07, 6.45) is 10.4. The minimum absolute atomic E-state index is 0.0581. The van der Waals surface area contributed by atoms with E-state index in [1.807, 2.05) is 13.8 Å². The monoisotopic (exact) mass is 280 g/mol. The fraction of sp³-hybridized carbons (Fsp3) is 0.882. The van der Waals surface area contributed by atoms with Gasteiger partial charge in [-0.3, -0.25) is 4.79 Å². The van der Waals surface area contributed by atoms with Crippen LogP contribution in [0.5, 0.6) is 0 Å². The number of nitriles is 1. The molecule has 20 heavy (non-hydrogen) atoms. The second-order valence-electron chi connectivity index (χ2n) is 5.72. The number of carbonyl (C=O) groups excluding carboxylic acids is 1. The minimum Gasteiger partial charge on any atom is -0.355 e. The topological polar surface area (TPSA) is 52.9 Å². The van der Waals surface area contributed by atoms with Crippen LogP contribution in [0.15, 0.2) is 0 Å². The van der Waals surface area contributed by atoms with Crippen molar-refractivity contribution in [1.29, 1.82) is 5.26 Å². The van der Waals surface area contributed by atoms with Crippen molar-refractivity contribution in [1.82, 2.24) is 5.32 Å². The minimum atomic E-state index is -0.800. The molecule has 116 valence electrons. The molecule has 0 radical (unpaired) electrons. The Labute approximate surface area is 125 Å². The Hall–Kier alpha value is -1.04. The molecule has 0 aliphatic carbocycles. The predicted molar refractivity (Wildman–Crippen MR) is 84.2 cm³/mol. The first-order chi connectivity index (χ1) is 9.66. The molecule has 0 unspecified atom stereocenters. The number of hydrogen-bond donors (Lipinski definition) is 1. The second kappa shape index (κ2) is 11.8. The van der Waals surface area contributed by atoms with Crippen molar-refractivity contribution >= 4 is 5.91 Å². The summed E-state index contributed by atoms with van der Waals surface area (Å²) in [5.41, 5.74) is -0.800. The summed E-state index contributed by atoms with van der Waals surface area (Å²) in [5.74, 6) is -0.0581. The average Bonchev–Trinajstić information content (AvgIpc) is 2.45. The number of nitrogens with one attached hydrogen (secondary N) is 1. The molecule has 0 spiro atoms. The van der Waals surface area contributed by atoms with Crippen LogP contribution in [-0.2, 0) is 4.79 Å². The summed E-state index contributed by atoms with van der Waals surface area (Å²) in [7, 11) is 0. The van der Waals surface area contributed by atoms with Gasteiger partial charge in [0, 0.05) is 6.54 Å². The molecule has 0 aliphatic rings. The standard InChI is InChI=1S/C17H32N2O/c1-4-7-8-9-10-11-14-19-16(20)17(15-18,12-5-2)13-6-3/h4-14H2,1-3H3,(H,19,20). The van der Waals surface area contributed by atoms with E-state index in [4.69, 9.17) is 0 Å². The van der Waals surface area contributed by atoms with Crippen LogP contribution < -0.4 is 5.32 Å². The number of amides is 1. The quantitative estimate of drug-likeness (QED) is 0.532. The van der Waals surface area contributed by atoms with Gasteiger partial charge in [-0.1, -0.05) is 65.7 Å². The Morgan fingerprint density at radius 1 is 0.950 bits per heavy atom. The highest BCUT2D eigenvalue weighted by molar-refractivity contribution is 5.85. The van der Waals surface area contributed by atoms with Crippen LogP contribution >= 0.6 is 0 Å². The second-order valence-corrected chi connectivity index (χ2v) is 5.72. The van der Waals surface area contributed by atoms with Gasteiger partial charge in [-0.25, -0.2) is 0 Å². The Morgan fingerprint density at radius 3 is 2.00 bits per heavy atom. The number of rotatable bonds is 12. The lowest BCUT2D eigenvalue weighted by Gasteiger charge is -2.24. The van der Waals surface area contributed by atoms with Crippen LogP contribution in [0.1, 0.15) is 85.0 Å². The summed E-state index contributed by atoms with van der Waals surface area (Å²) >= 11 is 0. The van der Waals surface area contributed by atoms with Crippen LogP contribution in [0.25, 0.3) is 0 Å². The molecular weight excluding hydrogens is 248 g/mol. The van der Waals surface area contributed by atoms with Crippen molar-refractivity contribution in [3.8, 4) is 6.07 Å². The molecule has 3 heteroatoms. The van der Waals surface area contributed by atoms with E-state index in [-0.39, 0.29) is 5.91 Å².